The van der Waals surface area contributed by atoms with Crippen LogP contribution in [0.1, 0.15) is 52.9 Å². The molecule has 122 valence electrons. The lowest BCUT2D eigenvalue weighted by Gasteiger charge is -2.36. The van der Waals surface area contributed by atoms with E-state index >= 15 is 0 Å². The number of likely N-dealkylation sites (tertiary alicyclic amines) is 1. The summed E-state index contributed by atoms with van der Waals surface area (Å²) in [6, 6.07) is 0. The van der Waals surface area contributed by atoms with Crippen molar-refractivity contribution < 1.29 is 9.53 Å². The molecule has 2 rings (SSSR count). The maximum atomic E-state index is 12.6. The lowest BCUT2D eigenvalue weighted by atomic mass is 9.92. The van der Waals surface area contributed by atoms with Gasteiger partial charge in [0, 0.05) is 13.1 Å². The largest absolute Gasteiger partial charge is 0.465 e. The van der Waals surface area contributed by atoms with E-state index in [0.717, 1.165) is 44.9 Å². The zero-order valence-electron chi connectivity index (χ0n) is 14.0. The summed E-state index contributed by atoms with van der Waals surface area (Å²) in [6.07, 6.45) is 6.16. The van der Waals surface area contributed by atoms with Gasteiger partial charge in [0.25, 0.3) is 0 Å². The second-order valence-corrected chi connectivity index (χ2v) is 6.67. The van der Waals surface area contributed by atoms with Crippen LogP contribution in [0.25, 0.3) is 0 Å². The van der Waals surface area contributed by atoms with E-state index < -0.39 is 5.54 Å². The maximum Gasteiger partial charge on any atom is 0.327 e. The Hall–Kier alpha value is -0.610. The summed E-state index contributed by atoms with van der Waals surface area (Å²) in [5.41, 5.74) is -0.466. The minimum Gasteiger partial charge on any atom is -0.465 e. The molecule has 0 amide bonds. The Morgan fingerprint density at radius 2 is 2.05 bits per heavy atom. The normalized spacial score (nSPS) is 25.8. The van der Waals surface area contributed by atoms with Gasteiger partial charge in [-0.05, 0) is 57.5 Å². The first-order chi connectivity index (χ1) is 10.2. The van der Waals surface area contributed by atoms with Gasteiger partial charge in [0.1, 0.15) is 5.54 Å². The summed E-state index contributed by atoms with van der Waals surface area (Å²) in [7, 11) is 0. The number of nitrogens with one attached hydrogen (secondary N) is 1. The molecule has 1 heterocycles. The number of hydrogen-bond acceptors (Lipinski definition) is 4. The van der Waals surface area contributed by atoms with Crippen LogP contribution in [-0.4, -0.2) is 49.2 Å². The molecule has 0 aromatic carbocycles. The molecule has 1 N–H and O–H groups in total. The van der Waals surface area contributed by atoms with Gasteiger partial charge < -0.3 is 15.0 Å². The van der Waals surface area contributed by atoms with Gasteiger partial charge in [-0.3, -0.25) is 0 Å². The maximum absolute atomic E-state index is 12.6. The number of carbonyl (C=O) groups is 1. The standard InChI is InChI=1S/C17H32N2O2/c1-4-7-14-10-11-19(12-14)13-17(18-5-2,15-8-9-15)16(20)21-6-3/h14-15,18H,4-13H2,1-3H3. The van der Waals surface area contributed by atoms with Gasteiger partial charge in [0.15, 0.2) is 0 Å². The van der Waals surface area contributed by atoms with Crippen molar-refractivity contribution in [2.45, 2.75) is 58.4 Å². The quantitative estimate of drug-likeness (QED) is 0.664. The van der Waals surface area contributed by atoms with Gasteiger partial charge in [-0.2, -0.15) is 0 Å². The molecule has 0 bridgehead atoms. The Morgan fingerprint density at radius 1 is 1.29 bits per heavy atom. The van der Waals surface area contributed by atoms with Crippen LogP contribution in [0.2, 0.25) is 0 Å². The van der Waals surface area contributed by atoms with E-state index in [2.05, 4.69) is 24.1 Å². The van der Waals surface area contributed by atoms with Gasteiger partial charge in [-0.15, -0.1) is 0 Å². The zero-order valence-corrected chi connectivity index (χ0v) is 14.0. The van der Waals surface area contributed by atoms with Crippen molar-refractivity contribution >= 4 is 5.97 Å². The van der Waals surface area contributed by atoms with E-state index in [0.29, 0.717) is 12.5 Å². The molecule has 4 nitrogen and oxygen atoms in total. The Bertz CT molecular complexity index is 344. The molecule has 1 saturated carbocycles. The van der Waals surface area contributed by atoms with Gasteiger partial charge in [-0.25, -0.2) is 4.79 Å². The number of hydrogen-bond donors (Lipinski definition) is 1. The fourth-order valence-electron chi connectivity index (χ4n) is 3.84. The SMILES string of the molecule is CCCC1CCN(CC(NCC)(C(=O)OCC)C2CC2)C1. The molecule has 4 heteroatoms. The van der Waals surface area contributed by atoms with E-state index in [1.165, 1.54) is 19.3 Å². The van der Waals surface area contributed by atoms with Crippen LogP contribution in [0.5, 0.6) is 0 Å². The first kappa shape index (κ1) is 16.8. The molecule has 1 aliphatic heterocycles. The van der Waals surface area contributed by atoms with E-state index in [1.807, 2.05) is 6.92 Å². The molecule has 1 aliphatic carbocycles. The van der Waals surface area contributed by atoms with Crippen molar-refractivity contribution in [3.8, 4) is 0 Å². The van der Waals surface area contributed by atoms with E-state index in [-0.39, 0.29) is 5.97 Å². The summed E-state index contributed by atoms with van der Waals surface area (Å²) >= 11 is 0. The predicted molar refractivity (Wildman–Crippen MR) is 85.2 cm³/mol. The third-order valence-corrected chi connectivity index (χ3v) is 4.95. The fourth-order valence-corrected chi connectivity index (χ4v) is 3.84. The van der Waals surface area contributed by atoms with Crippen molar-refractivity contribution in [1.82, 2.24) is 10.2 Å². The summed E-state index contributed by atoms with van der Waals surface area (Å²) in [4.78, 5) is 15.1. The van der Waals surface area contributed by atoms with Crippen LogP contribution in [0.4, 0.5) is 0 Å². The van der Waals surface area contributed by atoms with Crippen molar-refractivity contribution in [1.29, 1.82) is 0 Å². The van der Waals surface area contributed by atoms with Crippen LogP contribution in [-0.2, 0) is 9.53 Å². The number of carbonyl (C=O) groups excluding carboxylic acids is 1. The van der Waals surface area contributed by atoms with Crippen molar-refractivity contribution in [2.24, 2.45) is 11.8 Å². The highest BCUT2D eigenvalue weighted by Gasteiger charge is 2.52. The van der Waals surface area contributed by atoms with E-state index in [4.69, 9.17) is 4.74 Å². The van der Waals surface area contributed by atoms with E-state index in [1.54, 1.807) is 0 Å². The number of rotatable bonds is 9. The van der Waals surface area contributed by atoms with Crippen molar-refractivity contribution in [3.05, 3.63) is 0 Å². The molecule has 1 saturated heterocycles. The number of nitrogens with zero attached hydrogens (tertiary/aromatic N) is 1. The van der Waals surface area contributed by atoms with Crippen LogP contribution < -0.4 is 5.32 Å². The molecule has 2 fully saturated rings. The summed E-state index contributed by atoms with van der Waals surface area (Å²) < 4.78 is 5.42. The monoisotopic (exact) mass is 296 g/mol. The second-order valence-electron chi connectivity index (χ2n) is 6.67. The number of likely N-dealkylation sites (N-methyl/N-ethyl adjacent to an activating group) is 1. The summed E-state index contributed by atoms with van der Waals surface area (Å²) in [5, 5.41) is 3.50. The molecule has 2 aliphatic rings. The Labute approximate surface area is 129 Å². The van der Waals surface area contributed by atoms with Gasteiger partial charge >= 0.3 is 5.97 Å². The highest BCUT2D eigenvalue weighted by Crippen LogP contribution is 2.41. The van der Waals surface area contributed by atoms with Crippen LogP contribution in [0, 0.1) is 11.8 Å². The highest BCUT2D eigenvalue weighted by molar-refractivity contribution is 5.82. The highest BCUT2D eigenvalue weighted by atomic mass is 16.5. The van der Waals surface area contributed by atoms with Gasteiger partial charge in [0.05, 0.1) is 6.61 Å². The molecule has 2 atom stereocenters. The average molecular weight is 296 g/mol. The molecule has 0 spiro atoms. The Balaban J connectivity index is 2.03. The van der Waals surface area contributed by atoms with Gasteiger partial charge in [-0.1, -0.05) is 20.3 Å². The second kappa shape index (κ2) is 7.59. The fraction of sp³-hybridized carbons (Fsp3) is 0.941. The molecule has 0 aromatic heterocycles. The number of ether oxygens (including phenoxy) is 1. The summed E-state index contributed by atoms with van der Waals surface area (Å²) in [5.74, 6) is 1.24. The number of esters is 1. The smallest absolute Gasteiger partial charge is 0.327 e. The predicted octanol–water partition coefficient (Wildman–Crippen LogP) is 2.43. The van der Waals surface area contributed by atoms with Crippen molar-refractivity contribution in [2.75, 3.05) is 32.8 Å². The first-order valence-electron chi connectivity index (χ1n) is 8.80. The molecule has 0 aromatic rings. The minimum absolute atomic E-state index is 0.0340. The van der Waals surface area contributed by atoms with Crippen LogP contribution >= 0.6 is 0 Å². The molecule has 0 radical (unpaired) electrons. The average Bonchev–Trinajstić information content (AvgIpc) is 3.22. The van der Waals surface area contributed by atoms with Gasteiger partial charge in [0.2, 0.25) is 0 Å². The van der Waals surface area contributed by atoms with Crippen molar-refractivity contribution in [3.63, 3.8) is 0 Å². The molecular formula is C17H32N2O2. The lowest BCUT2D eigenvalue weighted by Crippen LogP contribution is -2.61. The first-order valence-corrected chi connectivity index (χ1v) is 8.80. The molecule has 2 unspecified atom stereocenters. The summed E-state index contributed by atoms with van der Waals surface area (Å²) in [6.45, 7) is 10.6. The molecular weight excluding hydrogens is 264 g/mol. The molecule has 21 heavy (non-hydrogen) atoms. The minimum atomic E-state index is -0.466. The Morgan fingerprint density at radius 3 is 2.62 bits per heavy atom. The van der Waals surface area contributed by atoms with E-state index in [9.17, 15) is 4.79 Å². The van der Waals surface area contributed by atoms with Crippen LogP contribution in [0.3, 0.4) is 0 Å². The van der Waals surface area contributed by atoms with Crippen LogP contribution in [0.15, 0.2) is 0 Å². The zero-order chi connectivity index (χ0) is 15.3. The third-order valence-electron chi connectivity index (χ3n) is 4.95. The third kappa shape index (κ3) is 3.98. The topological polar surface area (TPSA) is 41.6 Å². The Kier molecular flexibility index (Phi) is 6.06. The lowest BCUT2D eigenvalue weighted by molar-refractivity contribution is -0.153.